The van der Waals surface area contributed by atoms with Gasteiger partial charge >= 0.3 is 5.97 Å². The van der Waals surface area contributed by atoms with Gasteiger partial charge in [-0.15, -0.1) is 0 Å². The largest absolute Gasteiger partial charge is 0.508 e. The van der Waals surface area contributed by atoms with Crippen molar-refractivity contribution in [2.24, 2.45) is 11.8 Å². The van der Waals surface area contributed by atoms with E-state index in [1.54, 1.807) is 18.2 Å². The molecule has 2 aromatic carbocycles. The second kappa shape index (κ2) is 11.7. The number of piperidine rings is 1. The Hall–Kier alpha value is -2.86. The van der Waals surface area contributed by atoms with Gasteiger partial charge in [0, 0.05) is 25.6 Å². The van der Waals surface area contributed by atoms with Gasteiger partial charge in [0.1, 0.15) is 5.75 Å². The van der Waals surface area contributed by atoms with Crippen LogP contribution in [-0.2, 0) is 21.4 Å². The second-order valence-electron chi connectivity index (χ2n) is 10.5. The Bertz CT molecular complexity index is 1000. The average Bonchev–Trinajstić information content (AvgIpc) is 2.85. The van der Waals surface area contributed by atoms with Crippen LogP contribution in [0.1, 0.15) is 62.0 Å². The van der Waals surface area contributed by atoms with E-state index in [1.807, 2.05) is 24.3 Å². The molecule has 1 fully saturated rings. The van der Waals surface area contributed by atoms with Crippen LogP contribution < -0.4 is 5.32 Å². The molecule has 0 aliphatic carbocycles. The Morgan fingerprint density at radius 2 is 1.91 bits per heavy atom. The number of benzene rings is 2. The van der Waals surface area contributed by atoms with Gasteiger partial charge in [0.2, 0.25) is 5.91 Å². The molecule has 0 saturated carbocycles. The number of rotatable bonds is 9. The number of amides is 1. The predicted molar refractivity (Wildman–Crippen MR) is 139 cm³/mol. The number of aromatic hydroxyl groups is 1. The molecule has 0 radical (unpaired) electrons. The van der Waals surface area contributed by atoms with Crippen LogP contribution in [-0.4, -0.2) is 54.7 Å². The zero-order valence-corrected chi connectivity index (χ0v) is 21.7. The summed E-state index contributed by atoms with van der Waals surface area (Å²) in [6, 6.07) is 14.9. The Kier molecular flexibility index (Phi) is 8.95. The van der Waals surface area contributed by atoms with Crippen molar-refractivity contribution in [2.45, 2.75) is 58.4 Å². The molecular weight excluding hydrogens is 440 g/mol. The highest BCUT2D eigenvalue weighted by Crippen LogP contribution is 2.39. The third-order valence-electron chi connectivity index (χ3n) is 7.69. The molecule has 1 unspecified atom stereocenters. The molecule has 1 amide bonds. The first-order valence-corrected chi connectivity index (χ1v) is 12.6. The number of ether oxygens (including phenoxy) is 1. The molecule has 3 rings (SSSR count). The molecule has 6 nitrogen and oxygen atoms in total. The van der Waals surface area contributed by atoms with E-state index < -0.39 is 0 Å². The van der Waals surface area contributed by atoms with Crippen LogP contribution in [0.15, 0.2) is 48.5 Å². The lowest BCUT2D eigenvalue weighted by molar-refractivity contribution is -0.122. The molecule has 0 aromatic heterocycles. The second-order valence-corrected chi connectivity index (χ2v) is 10.5. The Balaban J connectivity index is 1.58. The van der Waals surface area contributed by atoms with Crippen LogP contribution in [0.25, 0.3) is 0 Å². The van der Waals surface area contributed by atoms with Crippen LogP contribution in [0.3, 0.4) is 0 Å². The normalized spacial score (nSPS) is 21.5. The van der Waals surface area contributed by atoms with E-state index in [4.69, 9.17) is 4.74 Å². The zero-order chi connectivity index (χ0) is 25.6. The van der Waals surface area contributed by atoms with E-state index in [0.29, 0.717) is 30.2 Å². The minimum absolute atomic E-state index is 0.0266. The lowest BCUT2D eigenvalue weighted by Crippen LogP contribution is -2.53. The van der Waals surface area contributed by atoms with Gasteiger partial charge in [0.25, 0.3) is 0 Å². The molecule has 1 saturated heterocycles. The highest BCUT2D eigenvalue weighted by atomic mass is 16.5. The monoisotopic (exact) mass is 480 g/mol. The van der Waals surface area contributed by atoms with Crippen LogP contribution >= 0.6 is 0 Å². The smallest absolute Gasteiger partial charge is 0.337 e. The summed E-state index contributed by atoms with van der Waals surface area (Å²) in [6.07, 6.45) is 2.07. The van der Waals surface area contributed by atoms with Crippen LogP contribution in [0.4, 0.5) is 0 Å². The number of methoxy groups -OCH3 is 1. The van der Waals surface area contributed by atoms with Crippen molar-refractivity contribution in [3.63, 3.8) is 0 Å². The van der Waals surface area contributed by atoms with Crippen LogP contribution in [0, 0.1) is 11.8 Å². The number of phenolic OH excluding ortho intramolecular Hbond substituents is 1. The fraction of sp³-hybridized carbons (Fsp3) is 0.517. The molecule has 6 heteroatoms. The summed E-state index contributed by atoms with van der Waals surface area (Å²) in [7, 11) is 1.41. The van der Waals surface area contributed by atoms with Crippen molar-refractivity contribution < 1.29 is 19.4 Å². The number of nitrogens with zero attached hydrogens (tertiary/aromatic N) is 1. The molecule has 2 N–H and O–H groups in total. The molecule has 2 aromatic rings. The number of esters is 1. The van der Waals surface area contributed by atoms with E-state index in [2.05, 4.69) is 44.0 Å². The summed E-state index contributed by atoms with van der Waals surface area (Å²) in [6.45, 7) is 11.6. The molecule has 35 heavy (non-hydrogen) atoms. The molecule has 1 aliphatic rings. The highest BCUT2D eigenvalue weighted by molar-refractivity contribution is 5.89. The predicted octanol–water partition coefficient (Wildman–Crippen LogP) is 4.55. The lowest BCUT2D eigenvalue weighted by atomic mass is 9.67. The number of hydrogen-bond donors (Lipinski definition) is 2. The van der Waals surface area contributed by atoms with E-state index >= 15 is 0 Å². The van der Waals surface area contributed by atoms with Crippen molar-refractivity contribution in [1.29, 1.82) is 0 Å². The quantitative estimate of drug-likeness (QED) is 0.515. The van der Waals surface area contributed by atoms with E-state index in [9.17, 15) is 14.7 Å². The zero-order valence-electron chi connectivity index (χ0n) is 21.7. The number of carbonyl (C=O) groups excluding carboxylic acids is 2. The maximum absolute atomic E-state index is 12.7. The minimum Gasteiger partial charge on any atom is -0.508 e. The fourth-order valence-electron chi connectivity index (χ4n) is 4.93. The number of aryl methyl sites for hydroxylation is 1. The Morgan fingerprint density at radius 3 is 2.54 bits per heavy atom. The van der Waals surface area contributed by atoms with Gasteiger partial charge in [-0.3, -0.25) is 4.79 Å². The summed E-state index contributed by atoms with van der Waals surface area (Å²) >= 11 is 0. The molecule has 3 atom stereocenters. The number of phenols is 1. The van der Waals surface area contributed by atoms with E-state index in [1.165, 1.54) is 12.7 Å². The van der Waals surface area contributed by atoms with E-state index in [0.717, 1.165) is 31.6 Å². The molecule has 0 spiro atoms. The van der Waals surface area contributed by atoms with Crippen molar-refractivity contribution in [3.05, 3.63) is 65.2 Å². The minimum atomic E-state index is -0.304. The molecule has 1 aliphatic heterocycles. The number of nitrogens with one attached hydrogen (secondary N) is 1. The van der Waals surface area contributed by atoms with E-state index in [-0.39, 0.29) is 29.1 Å². The van der Waals surface area contributed by atoms with Crippen LogP contribution in [0.5, 0.6) is 5.75 Å². The standard InChI is InChI=1S/C29H40N2O4/c1-20(2)26(30-27(33)14-11-22-9-12-25(32)13-10-22)19-31-16-15-29(4,21(3)18-31)24-8-6-7-23(17-24)28(34)35-5/h6-10,12-13,17,20-21,26,32H,11,14-16,18-19H2,1-5H3,(H,30,33)/t21?,26-,29-/m1/s1. The van der Waals surface area contributed by atoms with Gasteiger partial charge in [0.05, 0.1) is 12.7 Å². The Labute approximate surface area is 209 Å². The Morgan fingerprint density at radius 1 is 1.20 bits per heavy atom. The van der Waals surface area contributed by atoms with Crippen molar-refractivity contribution in [1.82, 2.24) is 10.2 Å². The topological polar surface area (TPSA) is 78.9 Å². The first-order chi connectivity index (χ1) is 16.6. The van der Waals surface area contributed by atoms with Crippen molar-refractivity contribution in [3.8, 4) is 5.75 Å². The summed E-state index contributed by atoms with van der Waals surface area (Å²) in [5.41, 5.74) is 2.78. The maximum atomic E-state index is 12.7. The molecular formula is C29H40N2O4. The first-order valence-electron chi connectivity index (χ1n) is 12.6. The summed E-state index contributed by atoms with van der Waals surface area (Å²) in [4.78, 5) is 27.2. The van der Waals surface area contributed by atoms with Gasteiger partial charge < -0.3 is 20.1 Å². The first kappa shape index (κ1) is 26.7. The van der Waals surface area contributed by atoms with Gasteiger partial charge in [-0.25, -0.2) is 4.79 Å². The third-order valence-corrected chi connectivity index (χ3v) is 7.69. The fourth-order valence-corrected chi connectivity index (χ4v) is 4.93. The van der Waals surface area contributed by atoms with Gasteiger partial charge in [-0.2, -0.15) is 0 Å². The lowest BCUT2D eigenvalue weighted by Gasteiger charge is -2.46. The van der Waals surface area contributed by atoms with Gasteiger partial charge in [-0.05, 0) is 72.0 Å². The number of hydrogen-bond acceptors (Lipinski definition) is 5. The molecule has 0 bridgehead atoms. The summed E-state index contributed by atoms with van der Waals surface area (Å²) in [5, 5.41) is 12.7. The number of likely N-dealkylation sites (tertiary alicyclic amines) is 1. The molecule has 190 valence electrons. The number of carbonyl (C=O) groups is 2. The van der Waals surface area contributed by atoms with Crippen molar-refractivity contribution >= 4 is 11.9 Å². The van der Waals surface area contributed by atoms with Gasteiger partial charge in [-0.1, -0.05) is 52.0 Å². The average molecular weight is 481 g/mol. The third kappa shape index (κ3) is 6.85. The SMILES string of the molecule is COC(=O)c1cccc([C@]2(C)CCN(C[C@@H](NC(=O)CCc3ccc(O)cc3)C(C)C)CC2C)c1. The van der Waals surface area contributed by atoms with Crippen molar-refractivity contribution in [2.75, 3.05) is 26.7 Å². The molecule has 1 heterocycles. The summed E-state index contributed by atoms with van der Waals surface area (Å²) in [5.74, 6) is 0.712. The maximum Gasteiger partial charge on any atom is 0.337 e. The summed E-state index contributed by atoms with van der Waals surface area (Å²) < 4.78 is 4.91. The highest BCUT2D eigenvalue weighted by Gasteiger charge is 2.39. The van der Waals surface area contributed by atoms with Gasteiger partial charge in [0.15, 0.2) is 0 Å². The van der Waals surface area contributed by atoms with Crippen LogP contribution in [0.2, 0.25) is 0 Å².